The van der Waals surface area contributed by atoms with Crippen molar-refractivity contribution in [1.82, 2.24) is 0 Å². The lowest BCUT2D eigenvalue weighted by Gasteiger charge is -2.28. The van der Waals surface area contributed by atoms with Crippen LogP contribution in [0.15, 0.2) is 12.5 Å². The highest BCUT2D eigenvalue weighted by Crippen LogP contribution is 2.32. The van der Waals surface area contributed by atoms with E-state index in [1.807, 2.05) is 0 Å². The van der Waals surface area contributed by atoms with Crippen LogP contribution >= 0.6 is 0 Å². The van der Waals surface area contributed by atoms with Gasteiger partial charge in [-0.25, -0.2) is 0 Å². The van der Waals surface area contributed by atoms with Crippen molar-refractivity contribution >= 4 is 0 Å². The Bertz CT molecular complexity index is 329. The predicted octanol–water partition coefficient (Wildman–Crippen LogP) is 9.04. The van der Waals surface area contributed by atoms with E-state index in [4.69, 9.17) is 9.47 Å². The first kappa shape index (κ1) is 24.4. The molecule has 0 unspecified atom stereocenters. The molecule has 0 saturated carbocycles. The molecule has 1 aliphatic rings. The van der Waals surface area contributed by atoms with Gasteiger partial charge in [0.2, 0.25) is 5.79 Å². The van der Waals surface area contributed by atoms with Crippen LogP contribution in [0.5, 0.6) is 0 Å². The Labute approximate surface area is 170 Å². The minimum Gasteiger partial charge on any atom is -0.457 e. The van der Waals surface area contributed by atoms with Crippen molar-refractivity contribution in [3.05, 3.63) is 12.5 Å². The summed E-state index contributed by atoms with van der Waals surface area (Å²) in [5.41, 5.74) is 0. The molecule has 2 heteroatoms. The largest absolute Gasteiger partial charge is 0.457 e. The van der Waals surface area contributed by atoms with Crippen LogP contribution in [-0.4, -0.2) is 5.79 Å². The van der Waals surface area contributed by atoms with Crippen LogP contribution in [0.2, 0.25) is 0 Å². The fraction of sp³-hybridized carbons (Fsp3) is 0.920. The molecule has 2 nitrogen and oxygen atoms in total. The zero-order valence-corrected chi connectivity index (χ0v) is 18.6. The van der Waals surface area contributed by atoms with E-state index in [0.717, 1.165) is 12.8 Å². The molecular weight excluding hydrogens is 332 g/mol. The van der Waals surface area contributed by atoms with E-state index < -0.39 is 0 Å². The third-order valence-corrected chi connectivity index (χ3v) is 5.94. The van der Waals surface area contributed by atoms with Crippen LogP contribution in [-0.2, 0) is 9.47 Å². The summed E-state index contributed by atoms with van der Waals surface area (Å²) in [7, 11) is 0. The van der Waals surface area contributed by atoms with Crippen LogP contribution in [0, 0.1) is 0 Å². The Hall–Kier alpha value is -0.660. The maximum Gasteiger partial charge on any atom is 0.249 e. The van der Waals surface area contributed by atoms with Gasteiger partial charge >= 0.3 is 0 Å². The molecule has 1 aliphatic heterocycles. The van der Waals surface area contributed by atoms with Crippen molar-refractivity contribution in [2.45, 2.75) is 148 Å². The highest BCUT2D eigenvalue weighted by atomic mass is 16.7. The molecule has 0 N–H and O–H groups in total. The third kappa shape index (κ3) is 13.2. The Morgan fingerprint density at radius 1 is 0.444 bits per heavy atom. The SMILES string of the molecule is CCCCCCCCCCCCC1(CCCCCCCCCC)OC=CO1. The first-order valence-electron chi connectivity index (χ1n) is 12.3. The second kappa shape index (κ2) is 17.4. The Kier molecular flexibility index (Phi) is 15.7. The number of ether oxygens (including phenoxy) is 2. The zero-order chi connectivity index (χ0) is 19.5. The van der Waals surface area contributed by atoms with Gasteiger partial charge in [-0.15, -0.1) is 0 Å². The minimum atomic E-state index is -0.331. The van der Waals surface area contributed by atoms with Gasteiger partial charge < -0.3 is 9.47 Å². The summed E-state index contributed by atoms with van der Waals surface area (Å²) in [5, 5.41) is 0. The van der Waals surface area contributed by atoms with Gasteiger partial charge in [-0.1, -0.05) is 117 Å². The second-order valence-electron chi connectivity index (χ2n) is 8.58. The third-order valence-electron chi connectivity index (χ3n) is 5.94. The van der Waals surface area contributed by atoms with E-state index in [0.29, 0.717) is 0 Å². The molecule has 0 aromatic rings. The van der Waals surface area contributed by atoms with Crippen LogP contribution in [0.4, 0.5) is 0 Å². The highest BCUT2D eigenvalue weighted by molar-refractivity contribution is 4.83. The first-order chi connectivity index (χ1) is 13.3. The van der Waals surface area contributed by atoms with Gasteiger partial charge in [0.15, 0.2) is 0 Å². The van der Waals surface area contributed by atoms with Crippen LogP contribution in [0.1, 0.15) is 142 Å². The summed E-state index contributed by atoms with van der Waals surface area (Å²) < 4.78 is 11.8. The average molecular weight is 381 g/mol. The molecule has 1 rings (SSSR count). The Morgan fingerprint density at radius 3 is 1.07 bits per heavy atom. The Morgan fingerprint density at radius 2 is 0.741 bits per heavy atom. The number of unbranched alkanes of at least 4 members (excludes halogenated alkanes) is 16. The first-order valence-corrected chi connectivity index (χ1v) is 12.3. The van der Waals surface area contributed by atoms with E-state index in [1.165, 1.54) is 116 Å². The molecule has 160 valence electrons. The lowest BCUT2D eigenvalue weighted by atomic mass is 9.98. The number of rotatable bonds is 20. The molecule has 0 radical (unpaired) electrons. The summed E-state index contributed by atoms with van der Waals surface area (Å²) in [6.07, 6.45) is 30.3. The average Bonchev–Trinajstić information content (AvgIpc) is 3.14. The molecule has 0 aromatic carbocycles. The smallest absolute Gasteiger partial charge is 0.249 e. The summed E-state index contributed by atoms with van der Waals surface area (Å²) in [6, 6.07) is 0. The molecule has 1 heterocycles. The van der Waals surface area contributed by atoms with E-state index in [-0.39, 0.29) is 5.79 Å². The molecule has 0 bridgehead atoms. The van der Waals surface area contributed by atoms with E-state index >= 15 is 0 Å². The van der Waals surface area contributed by atoms with Crippen LogP contribution < -0.4 is 0 Å². The summed E-state index contributed by atoms with van der Waals surface area (Å²) in [6.45, 7) is 4.57. The van der Waals surface area contributed by atoms with E-state index in [9.17, 15) is 0 Å². The zero-order valence-electron chi connectivity index (χ0n) is 18.6. The Balaban J connectivity index is 1.98. The summed E-state index contributed by atoms with van der Waals surface area (Å²) in [4.78, 5) is 0. The maximum absolute atomic E-state index is 5.88. The van der Waals surface area contributed by atoms with Gasteiger partial charge in [0, 0.05) is 12.8 Å². The normalized spacial score (nSPS) is 15.0. The molecule has 0 atom stereocenters. The van der Waals surface area contributed by atoms with Gasteiger partial charge in [-0.3, -0.25) is 0 Å². The number of hydrogen-bond acceptors (Lipinski definition) is 2. The van der Waals surface area contributed by atoms with Gasteiger partial charge in [0.05, 0.1) is 0 Å². The van der Waals surface area contributed by atoms with Crippen molar-refractivity contribution in [3.63, 3.8) is 0 Å². The molecule has 0 amide bonds. The fourth-order valence-electron chi connectivity index (χ4n) is 4.10. The molecule has 0 aliphatic carbocycles. The standard InChI is InChI=1S/C25H48O2/c1-3-5-7-9-11-13-14-16-18-20-22-25(26-23-24-27-25)21-19-17-15-12-10-8-6-4-2/h23-24H,3-22H2,1-2H3. The van der Waals surface area contributed by atoms with Crippen molar-refractivity contribution in [2.75, 3.05) is 0 Å². The fourth-order valence-corrected chi connectivity index (χ4v) is 4.10. The van der Waals surface area contributed by atoms with Crippen molar-refractivity contribution in [3.8, 4) is 0 Å². The van der Waals surface area contributed by atoms with Gasteiger partial charge in [0.1, 0.15) is 12.5 Å². The molecule has 0 aromatic heterocycles. The summed E-state index contributed by atoms with van der Waals surface area (Å²) in [5.74, 6) is -0.331. The minimum absolute atomic E-state index is 0.331. The topological polar surface area (TPSA) is 18.5 Å². The molecule has 27 heavy (non-hydrogen) atoms. The van der Waals surface area contributed by atoms with Crippen molar-refractivity contribution < 1.29 is 9.47 Å². The van der Waals surface area contributed by atoms with E-state index in [1.54, 1.807) is 12.5 Å². The predicted molar refractivity (Wildman–Crippen MR) is 118 cm³/mol. The van der Waals surface area contributed by atoms with Gasteiger partial charge in [0.25, 0.3) is 0 Å². The molecule has 0 spiro atoms. The quantitative estimate of drug-likeness (QED) is 0.196. The lowest BCUT2D eigenvalue weighted by molar-refractivity contribution is -0.153. The second-order valence-corrected chi connectivity index (χ2v) is 8.58. The molecule has 0 saturated heterocycles. The molecular formula is C25H48O2. The van der Waals surface area contributed by atoms with Gasteiger partial charge in [-0.2, -0.15) is 0 Å². The van der Waals surface area contributed by atoms with Crippen LogP contribution in [0.25, 0.3) is 0 Å². The van der Waals surface area contributed by atoms with E-state index in [2.05, 4.69) is 13.8 Å². The highest BCUT2D eigenvalue weighted by Gasteiger charge is 2.34. The van der Waals surface area contributed by atoms with Crippen LogP contribution in [0.3, 0.4) is 0 Å². The van der Waals surface area contributed by atoms with Gasteiger partial charge in [-0.05, 0) is 12.8 Å². The van der Waals surface area contributed by atoms with Crippen molar-refractivity contribution in [2.24, 2.45) is 0 Å². The van der Waals surface area contributed by atoms with Crippen molar-refractivity contribution in [1.29, 1.82) is 0 Å². The molecule has 0 fully saturated rings. The monoisotopic (exact) mass is 380 g/mol. The lowest BCUT2D eigenvalue weighted by Crippen LogP contribution is -2.29. The maximum atomic E-state index is 5.88. The summed E-state index contributed by atoms with van der Waals surface area (Å²) >= 11 is 0. The number of hydrogen-bond donors (Lipinski definition) is 0.